The number of amides is 1. The van der Waals surface area contributed by atoms with Gasteiger partial charge in [0.05, 0.1) is 6.20 Å². The van der Waals surface area contributed by atoms with Crippen molar-refractivity contribution in [3.8, 4) is 11.1 Å². The molecule has 0 aliphatic heterocycles. The molecule has 0 aliphatic rings. The Balaban J connectivity index is 1.45. The second kappa shape index (κ2) is 11.0. The van der Waals surface area contributed by atoms with Crippen LogP contribution in [0.1, 0.15) is 42.1 Å². The number of aromatic nitrogens is 3. The Kier molecular flexibility index (Phi) is 7.62. The molecular weight excluding hydrogens is 448 g/mol. The van der Waals surface area contributed by atoms with Gasteiger partial charge in [0.25, 0.3) is 0 Å². The van der Waals surface area contributed by atoms with Gasteiger partial charge in [-0.05, 0) is 36.1 Å². The van der Waals surface area contributed by atoms with E-state index in [1.54, 1.807) is 12.1 Å². The number of pyridine rings is 1. The molecule has 8 heteroatoms. The standard InChI is InChI=1S/C27H27F2N5O/c1-18-8-10-20(11-9-18)19(2)14-31-25(21-6-4-3-5-7-21)26(35)33-24-13-12-22(15-30-24)23-16-32-34(17-23)27(28)29/h3-13,15-17,19,25,27,31H,14H2,1-2H3,(H,30,33,35)/t19-,25-/m1/s1. The summed E-state index contributed by atoms with van der Waals surface area (Å²) in [5, 5.41) is 9.90. The van der Waals surface area contributed by atoms with Crippen LogP contribution in [0.3, 0.4) is 0 Å². The van der Waals surface area contributed by atoms with Crippen LogP contribution in [-0.2, 0) is 4.79 Å². The molecular formula is C27H27F2N5O. The number of aryl methyl sites for hydroxylation is 1. The normalized spacial score (nSPS) is 12.9. The maximum absolute atomic E-state index is 13.2. The van der Waals surface area contributed by atoms with Crippen molar-refractivity contribution < 1.29 is 13.6 Å². The summed E-state index contributed by atoms with van der Waals surface area (Å²) in [7, 11) is 0. The van der Waals surface area contributed by atoms with E-state index < -0.39 is 12.6 Å². The number of hydrogen-bond acceptors (Lipinski definition) is 4. The third kappa shape index (κ3) is 6.16. The average Bonchev–Trinajstić information content (AvgIpc) is 3.36. The van der Waals surface area contributed by atoms with Crippen LogP contribution in [0.5, 0.6) is 0 Å². The highest BCUT2D eigenvalue weighted by Gasteiger charge is 2.22. The van der Waals surface area contributed by atoms with E-state index in [0.717, 1.165) is 5.56 Å². The Morgan fingerprint density at radius 2 is 1.69 bits per heavy atom. The molecule has 1 amide bonds. The highest BCUT2D eigenvalue weighted by Crippen LogP contribution is 2.23. The maximum atomic E-state index is 13.2. The van der Waals surface area contributed by atoms with E-state index in [1.165, 1.54) is 29.7 Å². The first-order chi connectivity index (χ1) is 16.9. The quantitative estimate of drug-likeness (QED) is 0.325. The van der Waals surface area contributed by atoms with Crippen LogP contribution in [0.2, 0.25) is 0 Å². The van der Waals surface area contributed by atoms with Crippen LogP contribution < -0.4 is 10.6 Å². The molecule has 0 spiro atoms. The van der Waals surface area contributed by atoms with Crippen molar-refractivity contribution in [2.75, 3.05) is 11.9 Å². The van der Waals surface area contributed by atoms with Gasteiger partial charge in [-0.15, -0.1) is 0 Å². The number of carbonyl (C=O) groups excluding carboxylic acids is 1. The molecule has 0 unspecified atom stereocenters. The number of rotatable bonds is 9. The zero-order chi connectivity index (χ0) is 24.8. The molecule has 35 heavy (non-hydrogen) atoms. The van der Waals surface area contributed by atoms with Crippen molar-refractivity contribution in [1.82, 2.24) is 20.1 Å². The van der Waals surface area contributed by atoms with Gasteiger partial charge in [0, 0.05) is 30.1 Å². The molecule has 0 bridgehead atoms. The Bertz CT molecular complexity index is 1240. The summed E-state index contributed by atoms with van der Waals surface area (Å²) in [6.07, 6.45) is 4.13. The lowest BCUT2D eigenvalue weighted by Gasteiger charge is -2.21. The van der Waals surface area contributed by atoms with E-state index in [4.69, 9.17) is 0 Å². The Morgan fingerprint density at radius 3 is 2.31 bits per heavy atom. The van der Waals surface area contributed by atoms with Gasteiger partial charge in [0.2, 0.25) is 5.91 Å². The number of benzene rings is 2. The predicted molar refractivity (Wildman–Crippen MR) is 132 cm³/mol. The second-order valence-corrected chi connectivity index (χ2v) is 8.47. The van der Waals surface area contributed by atoms with Crippen LogP contribution in [-0.4, -0.2) is 27.2 Å². The molecule has 0 fully saturated rings. The number of carbonyl (C=O) groups is 1. The molecule has 2 heterocycles. The van der Waals surface area contributed by atoms with Crippen molar-refractivity contribution in [1.29, 1.82) is 0 Å². The molecule has 180 valence electrons. The highest BCUT2D eigenvalue weighted by atomic mass is 19.3. The number of nitrogens with zero attached hydrogens (tertiary/aromatic N) is 3. The lowest BCUT2D eigenvalue weighted by molar-refractivity contribution is -0.118. The van der Waals surface area contributed by atoms with Crippen LogP contribution in [0, 0.1) is 6.92 Å². The topological polar surface area (TPSA) is 71.8 Å². The molecule has 2 aromatic heterocycles. The van der Waals surface area contributed by atoms with Gasteiger partial charge in [0.1, 0.15) is 11.9 Å². The van der Waals surface area contributed by atoms with E-state index >= 15 is 0 Å². The van der Waals surface area contributed by atoms with E-state index in [9.17, 15) is 13.6 Å². The zero-order valence-electron chi connectivity index (χ0n) is 19.5. The van der Waals surface area contributed by atoms with Gasteiger partial charge >= 0.3 is 6.55 Å². The van der Waals surface area contributed by atoms with Gasteiger partial charge in [0.15, 0.2) is 0 Å². The monoisotopic (exact) mass is 475 g/mol. The SMILES string of the molecule is Cc1ccc([C@H](C)CN[C@@H](C(=O)Nc2ccc(-c3cnn(C(F)F)c3)cn2)c2ccccc2)cc1. The summed E-state index contributed by atoms with van der Waals surface area (Å²) in [6, 6.07) is 20.7. The van der Waals surface area contributed by atoms with E-state index in [1.807, 2.05) is 30.3 Å². The third-order valence-electron chi connectivity index (χ3n) is 5.82. The Morgan fingerprint density at radius 1 is 0.943 bits per heavy atom. The van der Waals surface area contributed by atoms with Crippen molar-refractivity contribution >= 4 is 11.7 Å². The number of hydrogen-bond donors (Lipinski definition) is 2. The first kappa shape index (κ1) is 24.2. The van der Waals surface area contributed by atoms with Crippen LogP contribution in [0.4, 0.5) is 14.6 Å². The number of alkyl halides is 2. The molecule has 0 saturated heterocycles. The number of nitrogens with one attached hydrogen (secondary N) is 2. The lowest BCUT2D eigenvalue weighted by Crippen LogP contribution is -2.35. The minimum atomic E-state index is -2.70. The van der Waals surface area contributed by atoms with Crippen molar-refractivity contribution in [2.24, 2.45) is 0 Å². The summed E-state index contributed by atoms with van der Waals surface area (Å²) in [5.41, 5.74) is 4.39. The van der Waals surface area contributed by atoms with Gasteiger partial charge in [-0.3, -0.25) is 4.79 Å². The summed E-state index contributed by atoms with van der Waals surface area (Å²) >= 11 is 0. The zero-order valence-corrected chi connectivity index (χ0v) is 19.5. The van der Waals surface area contributed by atoms with Crippen molar-refractivity contribution in [2.45, 2.75) is 32.4 Å². The first-order valence-corrected chi connectivity index (χ1v) is 11.3. The smallest absolute Gasteiger partial charge is 0.309 e. The minimum Gasteiger partial charge on any atom is -0.309 e. The van der Waals surface area contributed by atoms with E-state index in [2.05, 4.69) is 58.8 Å². The van der Waals surface area contributed by atoms with Gasteiger partial charge < -0.3 is 10.6 Å². The average molecular weight is 476 g/mol. The molecule has 0 radical (unpaired) electrons. The molecule has 2 aromatic carbocycles. The molecule has 2 N–H and O–H groups in total. The Labute approximate surface area is 203 Å². The molecule has 2 atom stereocenters. The largest absolute Gasteiger partial charge is 0.333 e. The third-order valence-corrected chi connectivity index (χ3v) is 5.82. The van der Waals surface area contributed by atoms with Gasteiger partial charge in [-0.2, -0.15) is 13.9 Å². The van der Waals surface area contributed by atoms with E-state index in [-0.39, 0.29) is 11.8 Å². The van der Waals surface area contributed by atoms with E-state index in [0.29, 0.717) is 28.2 Å². The second-order valence-electron chi connectivity index (χ2n) is 8.47. The number of anilines is 1. The minimum absolute atomic E-state index is 0.209. The fourth-order valence-electron chi connectivity index (χ4n) is 3.75. The predicted octanol–water partition coefficient (Wildman–Crippen LogP) is 5.72. The molecule has 0 aliphatic carbocycles. The van der Waals surface area contributed by atoms with Crippen LogP contribution in [0.15, 0.2) is 85.3 Å². The molecule has 4 aromatic rings. The lowest BCUT2D eigenvalue weighted by atomic mass is 9.98. The summed E-state index contributed by atoms with van der Waals surface area (Å²) < 4.78 is 26.1. The van der Waals surface area contributed by atoms with Crippen LogP contribution in [0.25, 0.3) is 11.1 Å². The van der Waals surface area contributed by atoms with Gasteiger partial charge in [-0.25, -0.2) is 9.67 Å². The molecule has 0 saturated carbocycles. The maximum Gasteiger partial charge on any atom is 0.333 e. The summed E-state index contributed by atoms with van der Waals surface area (Å²) in [4.78, 5) is 17.5. The fourth-order valence-corrected chi connectivity index (χ4v) is 3.75. The first-order valence-electron chi connectivity index (χ1n) is 11.3. The van der Waals surface area contributed by atoms with Crippen molar-refractivity contribution in [3.63, 3.8) is 0 Å². The van der Waals surface area contributed by atoms with Gasteiger partial charge in [-0.1, -0.05) is 67.1 Å². The summed E-state index contributed by atoms with van der Waals surface area (Å²) in [6.45, 7) is 2.08. The molecule has 4 rings (SSSR count). The number of halogens is 2. The van der Waals surface area contributed by atoms with Crippen LogP contribution >= 0.6 is 0 Å². The van der Waals surface area contributed by atoms with Crippen molar-refractivity contribution in [3.05, 3.63) is 102 Å². The highest BCUT2D eigenvalue weighted by molar-refractivity contribution is 5.95. The fraction of sp³-hybridized carbons (Fsp3) is 0.222. The Hall–Kier alpha value is -3.91. The summed E-state index contributed by atoms with van der Waals surface area (Å²) in [5.74, 6) is 0.341. The molecule has 6 nitrogen and oxygen atoms in total.